The summed E-state index contributed by atoms with van der Waals surface area (Å²) >= 11 is 0. The first-order chi connectivity index (χ1) is 16.3. The van der Waals surface area contributed by atoms with E-state index in [4.69, 9.17) is 4.74 Å². The van der Waals surface area contributed by atoms with Gasteiger partial charge in [-0.1, -0.05) is 48.5 Å². The zero-order valence-electron chi connectivity index (χ0n) is 18.5. The van der Waals surface area contributed by atoms with Gasteiger partial charge in [0, 0.05) is 24.6 Å². The number of ether oxygens (including phenoxy) is 1. The Bertz CT molecular complexity index is 1250. The van der Waals surface area contributed by atoms with Crippen LogP contribution in [-0.2, 0) is 31.5 Å². The third kappa shape index (κ3) is 3.91. The van der Waals surface area contributed by atoms with Crippen molar-refractivity contribution in [3.63, 3.8) is 0 Å². The van der Waals surface area contributed by atoms with E-state index in [1.165, 1.54) is 4.90 Å². The highest BCUT2D eigenvalue weighted by Crippen LogP contribution is 2.41. The summed E-state index contributed by atoms with van der Waals surface area (Å²) in [6.45, 7) is -0.00493. The summed E-state index contributed by atoms with van der Waals surface area (Å²) < 4.78 is 29.9. The number of rotatable bonds is 5. The number of hydrogen-bond donors (Lipinski definition) is 1. The number of nitrogens with one attached hydrogen (secondary N) is 1. The maximum Gasteiger partial charge on any atom is 0.325 e. The van der Waals surface area contributed by atoms with Crippen molar-refractivity contribution >= 4 is 27.7 Å². The van der Waals surface area contributed by atoms with E-state index in [0.29, 0.717) is 17.7 Å². The van der Waals surface area contributed by atoms with E-state index in [0.717, 1.165) is 10.5 Å². The molecule has 10 heteroatoms. The maximum absolute atomic E-state index is 13.5. The van der Waals surface area contributed by atoms with Gasteiger partial charge >= 0.3 is 6.03 Å². The number of sulfone groups is 1. The fourth-order valence-electron chi connectivity index (χ4n) is 4.96. The molecule has 0 aromatic heterocycles. The Morgan fingerprint density at radius 2 is 1.85 bits per heavy atom. The number of urea groups is 1. The lowest BCUT2D eigenvalue weighted by Gasteiger charge is -2.33. The van der Waals surface area contributed by atoms with E-state index < -0.39 is 45.8 Å². The van der Waals surface area contributed by atoms with Crippen LogP contribution in [0.2, 0.25) is 0 Å². The van der Waals surface area contributed by atoms with Crippen molar-refractivity contribution in [3.8, 4) is 5.75 Å². The van der Waals surface area contributed by atoms with Crippen LogP contribution in [0.3, 0.4) is 0 Å². The molecule has 0 saturated carbocycles. The molecule has 2 atom stereocenters. The number of para-hydroxylation sites is 1. The predicted octanol–water partition coefficient (Wildman–Crippen LogP) is 1.43. The highest BCUT2D eigenvalue weighted by atomic mass is 32.2. The summed E-state index contributed by atoms with van der Waals surface area (Å²) in [5.41, 5.74) is 0.137. The first-order valence-corrected chi connectivity index (χ1v) is 13.0. The van der Waals surface area contributed by atoms with Crippen molar-refractivity contribution in [2.75, 3.05) is 24.7 Å². The SMILES string of the molecule is O=C1N[C@]2(CCOc3ccccc32)C(=O)N1CC(=O)N(Cc1ccccc1)[C@H]1CCS(=O)(=O)C1. The van der Waals surface area contributed by atoms with E-state index in [1.807, 2.05) is 30.3 Å². The van der Waals surface area contributed by atoms with Crippen molar-refractivity contribution < 1.29 is 27.5 Å². The van der Waals surface area contributed by atoms with Crippen LogP contribution in [0.5, 0.6) is 5.75 Å². The largest absolute Gasteiger partial charge is 0.493 e. The second-order valence-corrected chi connectivity index (χ2v) is 11.1. The number of imide groups is 1. The van der Waals surface area contributed by atoms with E-state index in [2.05, 4.69) is 5.32 Å². The lowest BCUT2D eigenvalue weighted by atomic mass is 9.84. The summed E-state index contributed by atoms with van der Waals surface area (Å²) in [5, 5.41) is 2.79. The molecule has 3 aliphatic rings. The van der Waals surface area contributed by atoms with Gasteiger partial charge in [-0.2, -0.15) is 0 Å². The smallest absolute Gasteiger partial charge is 0.325 e. The molecule has 2 aromatic carbocycles. The normalized spacial score (nSPS) is 25.1. The minimum absolute atomic E-state index is 0.0132. The average Bonchev–Trinajstić information content (AvgIpc) is 3.30. The third-order valence-electron chi connectivity index (χ3n) is 6.72. The number of carbonyl (C=O) groups excluding carboxylic acids is 3. The molecule has 5 rings (SSSR count). The molecule has 3 aliphatic heterocycles. The number of benzene rings is 2. The van der Waals surface area contributed by atoms with Gasteiger partial charge in [0.1, 0.15) is 12.3 Å². The molecule has 1 spiro atoms. The zero-order chi connectivity index (χ0) is 23.9. The molecule has 2 aromatic rings. The lowest BCUT2D eigenvalue weighted by molar-refractivity contribution is -0.141. The highest BCUT2D eigenvalue weighted by Gasteiger charge is 2.55. The van der Waals surface area contributed by atoms with Crippen molar-refractivity contribution in [2.24, 2.45) is 0 Å². The molecule has 34 heavy (non-hydrogen) atoms. The molecular formula is C24H25N3O6S. The predicted molar refractivity (Wildman–Crippen MR) is 123 cm³/mol. The number of amides is 4. The van der Waals surface area contributed by atoms with Crippen LogP contribution in [0.15, 0.2) is 54.6 Å². The average molecular weight is 484 g/mol. The van der Waals surface area contributed by atoms with Gasteiger partial charge in [0.05, 0.1) is 18.1 Å². The minimum Gasteiger partial charge on any atom is -0.493 e. The third-order valence-corrected chi connectivity index (χ3v) is 8.47. The Morgan fingerprint density at radius 1 is 1.12 bits per heavy atom. The molecule has 2 saturated heterocycles. The standard InChI is InChI=1S/C24H25N3O6S/c28-21(26(14-17-6-2-1-3-7-17)18-10-13-34(31,32)16-18)15-27-22(29)24(25-23(27)30)11-12-33-20-9-5-4-8-19(20)24/h1-9,18H,10-16H2,(H,25,30)/t18-,24-/m0/s1. The van der Waals surface area contributed by atoms with Crippen LogP contribution < -0.4 is 10.1 Å². The Balaban J connectivity index is 1.40. The van der Waals surface area contributed by atoms with Gasteiger partial charge in [-0.05, 0) is 18.1 Å². The van der Waals surface area contributed by atoms with Crippen molar-refractivity contribution in [3.05, 3.63) is 65.7 Å². The first-order valence-electron chi connectivity index (χ1n) is 11.2. The monoisotopic (exact) mass is 483 g/mol. The van der Waals surface area contributed by atoms with Crippen LogP contribution in [-0.4, -0.2) is 66.8 Å². The molecule has 0 aliphatic carbocycles. The first kappa shape index (κ1) is 22.4. The van der Waals surface area contributed by atoms with Gasteiger partial charge in [0.2, 0.25) is 5.91 Å². The van der Waals surface area contributed by atoms with Crippen LogP contribution in [0.25, 0.3) is 0 Å². The molecule has 3 heterocycles. The summed E-state index contributed by atoms with van der Waals surface area (Å²) in [6.07, 6.45) is 0.587. The maximum atomic E-state index is 13.5. The molecule has 0 bridgehead atoms. The topological polar surface area (TPSA) is 113 Å². The molecular weight excluding hydrogens is 458 g/mol. The molecule has 178 valence electrons. The Kier molecular flexibility index (Phi) is 5.55. The van der Waals surface area contributed by atoms with Gasteiger partial charge in [-0.25, -0.2) is 13.2 Å². The second kappa shape index (κ2) is 8.43. The van der Waals surface area contributed by atoms with E-state index in [9.17, 15) is 22.8 Å². The molecule has 2 fully saturated rings. The van der Waals surface area contributed by atoms with Crippen LogP contribution in [0.1, 0.15) is 24.0 Å². The zero-order valence-corrected chi connectivity index (χ0v) is 19.3. The quantitative estimate of drug-likeness (QED) is 0.644. The van der Waals surface area contributed by atoms with Gasteiger partial charge in [-0.3, -0.25) is 14.5 Å². The Labute approximate surface area is 197 Å². The molecule has 0 radical (unpaired) electrons. The van der Waals surface area contributed by atoms with Crippen LogP contribution >= 0.6 is 0 Å². The molecule has 4 amide bonds. The second-order valence-electron chi connectivity index (χ2n) is 8.89. The van der Waals surface area contributed by atoms with Gasteiger partial charge in [0.15, 0.2) is 15.4 Å². The lowest BCUT2D eigenvalue weighted by Crippen LogP contribution is -2.49. The van der Waals surface area contributed by atoms with Gasteiger partial charge in [-0.15, -0.1) is 0 Å². The van der Waals surface area contributed by atoms with E-state index >= 15 is 0 Å². The summed E-state index contributed by atoms with van der Waals surface area (Å²) in [6, 6.07) is 15.1. The highest BCUT2D eigenvalue weighted by molar-refractivity contribution is 7.91. The summed E-state index contributed by atoms with van der Waals surface area (Å²) in [4.78, 5) is 42.3. The fraction of sp³-hybridized carbons (Fsp3) is 0.375. The van der Waals surface area contributed by atoms with E-state index in [-0.39, 0.29) is 31.1 Å². The summed E-state index contributed by atoms with van der Waals surface area (Å²) in [7, 11) is -3.24. The van der Waals surface area contributed by atoms with Crippen molar-refractivity contribution in [2.45, 2.75) is 31.0 Å². The number of nitrogens with zero attached hydrogens (tertiary/aromatic N) is 2. The van der Waals surface area contributed by atoms with Crippen molar-refractivity contribution in [1.29, 1.82) is 0 Å². The van der Waals surface area contributed by atoms with Gasteiger partial charge in [0.25, 0.3) is 5.91 Å². The number of carbonyl (C=O) groups is 3. The van der Waals surface area contributed by atoms with E-state index in [1.54, 1.807) is 24.3 Å². The van der Waals surface area contributed by atoms with Crippen LogP contribution in [0, 0.1) is 0 Å². The summed E-state index contributed by atoms with van der Waals surface area (Å²) in [5.74, 6) is -0.552. The molecule has 1 N–H and O–H groups in total. The van der Waals surface area contributed by atoms with Gasteiger partial charge < -0.3 is 15.0 Å². The Hall–Kier alpha value is -3.40. The minimum atomic E-state index is -3.24. The van der Waals surface area contributed by atoms with Crippen molar-refractivity contribution in [1.82, 2.24) is 15.1 Å². The number of fused-ring (bicyclic) bond motifs is 2. The molecule has 9 nitrogen and oxygen atoms in total. The van der Waals surface area contributed by atoms with Crippen LogP contribution in [0.4, 0.5) is 4.79 Å². The molecule has 0 unspecified atom stereocenters. The Morgan fingerprint density at radius 3 is 2.59 bits per heavy atom. The fourth-order valence-corrected chi connectivity index (χ4v) is 6.69. The number of hydrogen-bond acceptors (Lipinski definition) is 6.